The van der Waals surface area contributed by atoms with Crippen molar-refractivity contribution in [2.75, 3.05) is 37.3 Å². The van der Waals surface area contributed by atoms with E-state index in [0.29, 0.717) is 31.7 Å². The predicted octanol–water partition coefficient (Wildman–Crippen LogP) is 2.11. The molecule has 0 unspecified atom stereocenters. The zero-order valence-corrected chi connectivity index (χ0v) is 18.0. The fourth-order valence-electron chi connectivity index (χ4n) is 3.27. The molecule has 164 valence electrons. The number of anilines is 1. The Kier molecular flexibility index (Phi) is 10.0. The van der Waals surface area contributed by atoms with Gasteiger partial charge in [-0.25, -0.2) is 13.2 Å². The first-order chi connectivity index (χ1) is 14.7. The van der Waals surface area contributed by atoms with E-state index >= 15 is 0 Å². The summed E-state index contributed by atoms with van der Waals surface area (Å²) in [5.74, 6) is -1.12. The second kappa shape index (κ2) is 12.0. The van der Waals surface area contributed by atoms with Crippen LogP contribution in [-0.2, 0) is 14.8 Å². The Morgan fingerprint density at radius 1 is 0.844 bits per heavy atom. The van der Waals surface area contributed by atoms with Crippen LogP contribution in [0.4, 0.5) is 5.69 Å². The number of carbonyl (C=O) groups is 2. The maximum absolute atomic E-state index is 12.5. The van der Waals surface area contributed by atoms with Gasteiger partial charge in [-0.2, -0.15) is 4.31 Å². The van der Waals surface area contributed by atoms with E-state index in [1.165, 1.54) is 22.7 Å². The molecule has 1 saturated heterocycles. The molecular weight excluding hydrogens is 455 g/mol. The first-order valence-electron chi connectivity index (χ1n) is 9.76. The van der Waals surface area contributed by atoms with E-state index in [1.54, 1.807) is 30.3 Å². The molecule has 0 spiro atoms. The third kappa shape index (κ3) is 7.77. The van der Waals surface area contributed by atoms with Crippen molar-refractivity contribution in [2.45, 2.75) is 0 Å². The van der Waals surface area contributed by atoms with Gasteiger partial charge in [-0.3, -0.25) is 4.79 Å². The van der Waals surface area contributed by atoms with E-state index in [9.17, 15) is 18.0 Å². The summed E-state index contributed by atoms with van der Waals surface area (Å²) in [7, 11) is -3.16. The van der Waals surface area contributed by atoms with Gasteiger partial charge in [0.05, 0.1) is 6.26 Å². The van der Waals surface area contributed by atoms with E-state index in [4.69, 9.17) is 5.11 Å². The number of rotatable bonds is 7. The van der Waals surface area contributed by atoms with Crippen molar-refractivity contribution >= 4 is 91.0 Å². The first kappa shape index (κ1) is 26.7. The molecule has 0 radical (unpaired) electrons. The van der Waals surface area contributed by atoms with Crippen LogP contribution in [0.15, 0.2) is 60.7 Å². The van der Waals surface area contributed by atoms with Crippen LogP contribution < -0.4 is 4.90 Å². The Labute approximate surface area is 230 Å². The number of hydrogen-bond donors (Lipinski definition) is 1. The first-order valence-corrected chi connectivity index (χ1v) is 11.6. The molecule has 1 fully saturated rings. The summed E-state index contributed by atoms with van der Waals surface area (Å²) in [6.45, 7) is 2.12. The summed E-state index contributed by atoms with van der Waals surface area (Å²) in [5, 5.41) is 8.65. The van der Waals surface area contributed by atoms with Crippen LogP contribution in [0.25, 0.3) is 12.2 Å². The molecule has 0 amide bonds. The van der Waals surface area contributed by atoms with Crippen molar-refractivity contribution in [3.05, 3.63) is 77.4 Å². The van der Waals surface area contributed by atoms with Crippen LogP contribution in [0, 0.1) is 0 Å². The van der Waals surface area contributed by atoms with Gasteiger partial charge in [-0.1, -0.05) is 30.3 Å². The van der Waals surface area contributed by atoms with Gasteiger partial charge in [0.2, 0.25) is 10.0 Å². The molecule has 2 aromatic rings. The average Bonchev–Trinajstić information content (AvgIpc) is 2.76. The SMILES string of the molecule is CS(=O)(=O)N1CCN(c2ccc(C(=O)C=Cc3ccc(C=CC(=O)O)cc3)cc2)CC1.[KH]. The van der Waals surface area contributed by atoms with Crippen LogP contribution in [0.5, 0.6) is 0 Å². The summed E-state index contributed by atoms with van der Waals surface area (Å²) in [6.07, 6.45) is 7.02. The van der Waals surface area contributed by atoms with Gasteiger partial charge in [-0.15, -0.1) is 0 Å². The van der Waals surface area contributed by atoms with E-state index < -0.39 is 16.0 Å². The molecular formula is C23H25KN2O5S. The van der Waals surface area contributed by atoms with Crippen LogP contribution in [0.1, 0.15) is 21.5 Å². The second-order valence-corrected chi connectivity index (χ2v) is 9.21. The molecule has 7 nitrogen and oxygen atoms in total. The van der Waals surface area contributed by atoms with Crippen molar-refractivity contribution in [1.29, 1.82) is 0 Å². The molecule has 1 aliphatic heterocycles. The van der Waals surface area contributed by atoms with Gasteiger partial charge in [-0.05, 0) is 47.5 Å². The molecule has 0 aliphatic carbocycles. The van der Waals surface area contributed by atoms with Gasteiger partial charge < -0.3 is 10.0 Å². The molecule has 0 atom stereocenters. The third-order valence-corrected chi connectivity index (χ3v) is 6.31. The van der Waals surface area contributed by atoms with Crippen LogP contribution in [0.2, 0.25) is 0 Å². The number of carboxylic acid groups (broad SMARTS) is 1. The Balaban J connectivity index is 0.00000363. The summed E-state index contributed by atoms with van der Waals surface area (Å²) in [6, 6.07) is 14.5. The molecule has 9 heteroatoms. The average molecular weight is 481 g/mol. The molecule has 0 aromatic heterocycles. The fourth-order valence-corrected chi connectivity index (χ4v) is 4.09. The number of hydrogen-bond acceptors (Lipinski definition) is 5. The molecule has 2 aromatic carbocycles. The fraction of sp³-hybridized carbons (Fsp3) is 0.217. The van der Waals surface area contributed by atoms with Gasteiger partial charge in [0.15, 0.2) is 5.78 Å². The maximum atomic E-state index is 12.5. The number of nitrogens with zero attached hydrogens (tertiary/aromatic N) is 2. The molecule has 0 bridgehead atoms. The van der Waals surface area contributed by atoms with Gasteiger partial charge in [0, 0.05) is 43.5 Å². The quantitative estimate of drug-likeness (QED) is 0.371. The van der Waals surface area contributed by atoms with Gasteiger partial charge in [0.1, 0.15) is 0 Å². The Hall–Kier alpha value is -1.59. The van der Waals surface area contributed by atoms with Crippen molar-refractivity contribution in [3.8, 4) is 0 Å². The number of carbonyl (C=O) groups excluding carboxylic acids is 1. The number of ketones is 1. The number of benzene rings is 2. The summed E-state index contributed by atoms with van der Waals surface area (Å²) in [4.78, 5) is 25.1. The predicted molar refractivity (Wildman–Crippen MR) is 129 cm³/mol. The molecule has 0 saturated carbocycles. The third-order valence-electron chi connectivity index (χ3n) is 5.01. The number of sulfonamides is 1. The monoisotopic (exact) mass is 480 g/mol. The minimum absolute atomic E-state index is 0. The van der Waals surface area contributed by atoms with Gasteiger partial charge in [0.25, 0.3) is 0 Å². The summed E-state index contributed by atoms with van der Waals surface area (Å²) >= 11 is 0. The zero-order valence-electron chi connectivity index (χ0n) is 17.1. The van der Waals surface area contributed by atoms with E-state index in [0.717, 1.165) is 22.9 Å². The van der Waals surface area contributed by atoms with E-state index in [2.05, 4.69) is 4.90 Å². The number of aliphatic carboxylic acids is 1. The minimum atomic E-state index is -3.16. The van der Waals surface area contributed by atoms with E-state index in [-0.39, 0.29) is 57.2 Å². The zero-order chi connectivity index (χ0) is 22.4. The molecule has 1 heterocycles. The number of piperazine rings is 1. The van der Waals surface area contributed by atoms with E-state index in [1.807, 2.05) is 24.3 Å². The van der Waals surface area contributed by atoms with Crippen LogP contribution >= 0.6 is 0 Å². The summed E-state index contributed by atoms with van der Waals surface area (Å²) < 4.78 is 24.7. The normalized spacial score (nSPS) is 15.1. The van der Waals surface area contributed by atoms with Crippen molar-refractivity contribution in [2.24, 2.45) is 0 Å². The number of carboxylic acids is 1. The molecule has 3 rings (SSSR count). The second-order valence-electron chi connectivity index (χ2n) is 7.23. The summed E-state index contributed by atoms with van der Waals surface area (Å²) in [5.41, 5.74) is 3.12. The molecule has 1 aliphatic rings. The van der Waals surface area contributed by atoms with Gasteiger partial charge >= 0.3 is 57.4 Å². The van der Waals surface area contributed by atoms with Crippen molar-refractivity contribution in [1.82, 2.24) is 4.31 Å². The Morgan fingerprint density at radius 2 is 1.34 bits per heavy atom. The molecule has 1 N–H and O–H groups in total. The Morgan fingerprint density at radius 3 is 1.81 bits per heavy atom. The van der Waals surface area contributed by atoms with Crippen LogP contribution in [0.3, 0.4) is 0 Å². The standard InChI is InChI=1S/C23H24N2O5S.K.H/c1-31(29,30)25-16-14-24(15-17-25)21-10-8-20(9-11-21)22(26)12-6-18-2-4-19(5-3-18)7-13-23(27)28;;/h2-13H,14-17H2,1H3,(H,27,28);;. The van der Waals surface area contributed by atoms with Crippen LogP contribution in [-0.4, -0.2) is 113 Å². The Bertz CT molecular complexity index is 1100. The molecule has 32 heavy (non-hydrogen) atoms. The van der Waals surface area contributed by atoms with Crippen molar-refractivity contribution in [3.63, 3.8) is 0 Å². The van der Waals surface area contributed by atoms with Crippen molar-refractivity contribution < 1.29 is 23.1 Å². The topological polar surface area (TPSA) is 95.0 Å². The number of allylic oxidation sites excluding steroid dienone is 1.